The van der Waals surface area contributed by atoms with Crippen LogP contribution in [0.15, 0.2) is 18.2 Å². The molecule has 112 valence electrons. The van der Waals surface area contributed by atoms with Crippen LogP contribution in [0.1, 0.15) is 59.6 Å². The number of pyridine rings is 1. The average Bonchev–Trinajstić information content (AvgIpc) is 2.54. The predicted octanol–water partition coefficient (Wildman–Crippen LogP) is 2.82. The number of hydrogen-bond donors (Lipinski definition) is 0. The van der Waals surface area contributed by atoms with Crippen LogP contribution in [0.2, 0.25) is 0 Å². The minimum absolute atomic E-state index is 0.306. The van der Waals surface area contributed by atoms with Gasteiger partial charge in [0, 0.05) is 11.1 Å². The van der Waals surface area contributed by atoms with Crippen molar-refractivity contribution in [3.05, 3.63) is 23.9 Å². The first-order valence-corrected chi connectivity index (χ1v) is 7.98. The monoisotopic (exact) mass is 285 g/mol. The molecule has 4 aliphatic rings. The fourth-order valence-electron chi connectivity index (χ4n) is 4.41. The van der Waals surface area contributed by atoms with E-state index in [0.29, 0.717) is 10.8 Å². The highest BCUT2D eigenvalue weighted by Crippen LogP contribution is 2.72. The summed E-state index contributed by atoms with van der Waals surface area (Å²) >= 11 is 0. The Labute approximate surface area is 127 Å². The molecule has 1 saturated heterocycles. The van der Waals surface area contributed by atoms with Crippen LogP contribution in [-0.2, 0) is 14.7 Å². The van der Waals surface area contributed by atoms with E-state index in [4.69, 9.17) is 14.3 Å². The maximum absolute atomic E-state index is 6.12. The zero-order chi connectivity index (χ0) is 15.1. The van der Waals surface area contributed by atoms with Crippen LogP contribution >= 0.6 is 0 Å². The predicted molar refractivity (Wildman–Crippen MR) is 83.6 cm³/mol. The summed E-state index contributed by atoms with van der Waals surface area (Å²) in [7, 11) is -0.349. The Morgan fingerprint density at radius 3 is 2.05 bits per heavy atom. The second-order valence-electron chi connectivity index (χ2n) is 8.66. The molecule has 0 unspecified atom stereocenters. The zero-order valence-corrected chi connectivity index (χ0v) is 13.7. The molecule has 0 amide bonds. The van der Waals surface area contributed by atoms with Gasteiger partial charge in [-0.3, -0.25) is 4.98 Å². The van der Waals surface area contributed by atoms with Gasteiger partial charge >= 0.3 is 7.12 Å². The normalized spacial score (nSPS) is 38.8. The van der Waals surface area contributed by atoms with Crippen LogP contribution in [0.3, 0.4) is 0 Å². The largest absolute Gasteiger partial charge is 0.514 e. The van der Waals surface area contributed by atoms with E-state index in [2.05, 4.69) is 46.8 Å². The van der Waals surface area contributed by atoms with Crippen LogP contribution in [0, 0.1) is 5.41 Å². The summed E-state index contributed by atoms with van der Waals surface area (Å²) in [4.78, 5) is 4.90. The van der Waals surface area contributed by atoms with E-state index in [1.165, 1.54) is 25.0 Å². The Balaban J connectivity index is 1.60. The maximum atomic E-state index is 6.12. The summed E-state index contributed by atoms with van der Waals surface area (Å²) in [6.45, 7) is 10.7. The molecule has 0 spiro atoms. The van der Waals surface area contributed by atoms with Crippen molar-refractivity contribution >= 4 is 12.7 Å². The fraction of sp³-hybridized carbons (Fsp3) is 0.706. The third kappa shape index (κ3) is 1.78. The standard InChI is InChI=1S/C17H24BNO2/c1-14(2)15(3,4)21-18(20-14)13-8-6-7-12(19-13)17-9-16(5,10-17)11-17/h6-8H,9-11H2,1-5H3. The number of aromatic nitrogens is 1. The molecule has 1 aliphatic heterocycles. The SMILES string of the molecule is CC12CC(c3cccc(B4OC(C)(C)C(C)(C)O4)n3)(C1)C2. The van der Waals surface area contributed by atoms with Gasteiger partial charge in [0.2, 0.25) is 0 Å². The molecular weight excluding hydrogens is 261 g/mol. The molecule has 0 radical (unpaired) electrons. The summed E-state index contributed by atoms with van der Waals surface area (Å²) in [6, 6.07) is 6.30. The van der Waals surface area contributed by atoms with Crippen molar-refractivity contribution < 1.29 is 9.31 Å². The van der Waals surface area contributed by atoms with Crippen LogP contribution in [-0.4, -0.2) is 23.3 Å². The lowest BCUT2D eigenvalue weighted by molar-refractivity contribution is -0.128. The lowest BCUT2D eigenvalue weighted by atomic mass is 9.35. The maximum Gasteiger partial charge on any atom is 0.514 e. The molecule has 0 aromatic carbocycles. The van der Waals surface area contributed by atoms with Gasteiger partial charge < -0.3 is 9.31 Å². The first kappa shape index (κ1) is 13.8. The highest BCUT2D eigenvalue weighted by Gasteiger charge is 2.66. The van der Waals surface area contributed by atoms with Crippen molar-refractivity contribution in [2.45, 2.75) is 70.5 Å². The van der Waals surface area contributed by atoms with Crippen molar-refractivity contribution in [2.75, 3.05) is 0 Å². The summed E-state index contributed by atoms with van der Waals surface area (Å²) in [5.74, 6) is 0. The molecule has 0 N–H and O–H groups in total. The zero-order valence-electron chi connectivity index (χ0n) is 13.7. The van der Waals surface area contributed by atoms with Gasteiger partial charge in [-0.1, -0.05) is 13.0 Å². The Morgan fingerprint density at radius 1 is 0.952 bits per heavy atom. The van der Waals surface area contributed by atoms with Gasteiger partial charge in [-0.15, -0.1) is 0 Å². The van der Waals surface area contributed by atoms with Crippen molar-refractivity contribution in [1.82, 2.24) is 4.98 Å². The summed E-state index contributed by atoms with van der Waals surface area (Å²) < 4.78 is 12.2. The van der Waals surface area contributed by atoms with Crippen molar-refractivity contribution in [1.29, 1.82) is 0 Å². The van der Waals surface area contributed by atoms with Crippen LogP contribution in [0.25, 0.3) is 0 Å². The molecule has 21 heavy (non-hydrogen) atoms. The van der Waals surface area contributed by atoms with Crippen LogP contribution < -0.4 is 5.59 Å². The summed E-state index contributed by atoms with van der Waals surface area (Å²) in [5.41, 5.74) is 2.49. The van der Waals surface area contributed by atoms with E-state index >= 15 is 0 Å². The number of rotatable bonds is 2. The minimum atomic E-state index is -0.349. The van der Waals surface area contributed by atoms with Gasteiger partial charge in [-0.2, -0.15) is 0 Å². The molecule has 2 heterocycles. The minimum Gasteiger partial charge on any atom is -0.398 e. The third-order valence-corrected chi connectivity index (χ3v) is 6.10. The first-order chi connectivity index (χ1) is 9.65. The van der Waals surface area contributed by atoms with E-state index in [0.717, 1.165) is 5.59 Å². The smallest absolute Gasteiger partial charge is 0.398 e. The molecule has 3 saturated carbocycles. The topological polar surface area (TPSA) is 31.4 Å². The molecule has 4 fully saturated rings. The molecular formula is C17H24BNO2. The second kappa shape index (κ2) is 3.72. The van der Waals surface area contributed by atoms with E-state index in [1.54, 1.807) is 0 Å². The van der Waals surface area contributed by atoms with Gasteiger partial charge in [0.05, 0.1) is 16.8 Å². The third-order valence-electron chi connectivity index (χ3n) is 6.10. The highest BCUT2D eigenvalue weighted by atomic mass is 16.7. The van der Waals surface area contributed by atoms with E-state index in [1.807, 2.05) is 6.07 Å². The van der Waals surface area contributed by atoms with Gasteiger partial charge in [-0.05, 0) is 64.5 Å². The Bertz CT molecular complexity index is 575. The Hall–Kier alpha value is -0.865. The molecule has 1 aromatic heterocycles. The highest BCUT2D eigenvalue weighted by molar-refractivity contribution is 6.61. The van der Waals surface area contributed by atoms with Crippen LogP contribution in [0.5, 0.6) is 0 Å². The Kier molecular flexibility index (Phi) is 2.44. The molecule has 4 heteroatoms. The van der Waals surface area contributed by atoms with E-state index in [9.17, 15) is 0 Å². The molecule has 2 bridgehead atoms. The second-order valence-corrected chi connectivity index (χ2v) is 8.66. The Morgan fingerprint density at radius 2 is 1.52 bits per heavy atom. The van der Waals surface area contributed by atoms with Crippen molar-refractivity contribution in [2.24, 2.45) is 5.41 Å². The first-order valence-electron chi connectivity index (χ1n) is 7.98. The van der Waals surface area contributed by atoms with E-state index in [-0.39, 0.29) is 18.3 Å². The van der Waals surface area contributed by atoms with Gasteiger partial charge in [-0.25, -0.2) is 0 Å². The molecule has 3 aliphatic carbocycles. The van der Waals surface area contributed by atoms with Gasteiger partial charge in [0.1, 0.15) is 0 Å². The number of nitrogens with zero attached hydrogens (tertiary/aromatic N) is 1. The quantitative estimate of drug-likeness (QED) is 0.783. The van der Waals surface area contributed by atoms with Crippen molar-refractivity contribution in [3.8, 4) is 0 Å². The number of hydrogen-bond acceptors (Lipinski definition) is 3. The molecule has 1 aromatic rings. The molecule has 0 atom stereocenters. The lowest BCUT2D eigenvalue weighted by Crippen LogP contribution is -2.63. The van der Waals surface area contributed by atoms with Crippen LogP contribution in [0.4, 0.5) is 0 Å². The average molecular weight is 285 g/mol. The van der Waals surface area contributed by atoms with Gasteiger partial charge in [0.15, 0.2) is 0 Å². The van der Waals surface area contributed by atoms with Crippen molar-refractivity contribution in [3.63, 3.8) is 0 Å². The summed E-state index contributed by atoms with van der Waals surface area (Å²) in [6.07, 6.45) is 3.87. The molecule has 5 rings (SSSR count). The van der Waals surface area contributed by atoms with Gasteiger partial charge in [0.25, 0.3) is 0 Å². The fourth-order valence-corrected chi connectivity index (χ4v) is 4.41. The van der Waals surface area contributed by atoms with E-state index < -0.39 is 0 Å². The summed E-state index contributed by atoms with van der Waals surface area (Å²) in [5, 5.41) is 0. The lowest BCUT2D eigenvalue weighted by Gasteiger charge is -2.69. The molecule has 3 nitrogen and oxygen atoms in total.